The molecule has 1 amide bonds. The van der Waals surface area contributed by atoms with Gasteiger partial charge in [0.15, 0.2) is 0 Å². The van der Waals surface area contributed by atoms with Crippen molar-refractivity contribution in [2.45, 2.75) is 31.2 Å². The number of thioether (sulfide) groups is 1. The monoisotopic (exact) mass is 405 g/mol. The number of β-lactam (4-membered cyclic amide) rings is 1. The van der Waals surface area contributed by atoms with Gasteiger partial charge in [0, 0.05) is 43.3 Å². The highest BCUT2D eigenvalue weighted by molar-refractivity contribution is 8.04. The number of amides is 1. The smallest absolute Gasteiger partial charge is 0.353 e. The lowest BCUT2D eigenvalue weighted by Crippen LogP contribution is -2.63. The lowest BCUT2D eigenvalue weighted by atomic mass is 9.79. The summed E-state index contributed by atoms with van der Waals surface area (Å²) >= 11 is 1.33. The van der Waals surface area contributed by atoms with Crippen LogP contribution < -0.4 is 0 Å². The third kappa shape index (κ3) is 2.76. The van der Waals surface area contributed by atoms with Crippen molar-refractivity contribution in [2.24, 2.45) is 11.8 Å². The highest BCUT2D eigenvalue weighted by atomic mass is 32.2. The molecule has 0 aromatic heterocycles. The molecular formula is C15H23N3O6S2. The Hall–Kier alpha value is -1.14. The summed E-state index contributed by atoms with van der Waals surface area (Å²) in [5, 5.41) is 19.4. The fourth-order valence-corrected chi connectivity index (χ4v) is 6.66. The average Bonchev–Trinajstić information content (AvgIpc) is 2.71. The molecule has 3 heterocycles. The summed E-state index contributed by atoms with van der Waals surface area (Å²) in [6.45, 7) is 3.98. The molecule has 2 unspecified atom stereocenters. The van der Waals surface area contributed by atoms with Crippen molar-refractivity contribution < 1.29 is 28.2 Å². The van der Waals surface area contributed by atoms with Gasteiger partial charge in [-0.15, -0.1) is 11.8 Å². The summed E-state index contributed by atoms with van der Waals surface area (Å²) in [4.78, 5) is 25.9. The summed E-state index contributed by atoms with van der Waals surface area (Å²) in [7, 11) is -0.535. The number of fused-ring (bicyclic) bond motifs is 1. The molecule has 3 aliphatic rings. The van der Waals surface area contributed by atoms with Gasteiger partial charge in [0.25, 0.3) is 10.2 Å². The molecule has 0 aliphatic carbocycles. The van der Waals surface area contributed by atoms with E-state index in [1.807, 2.05) is 6.92 Å². The maximum Gasteiger partial charge on any atom is 0.353 e. The summed E-state index contributed by atoms with van der Waals surface area (Å²) in [5.74, 6) is -2.33. The van der Waals surface area contributed by atoms with Crippen LogP contribution in [0.15, 0.2) is 10.6 Å². The normalized spacial score (nSPS) is 31.1. The first kappa shape index (κ1) is 19.6. The van der Waals surface area contributed by atoms with Gasteiger partial charge in [0.2, 0.25) is 5.91 Å². The van der Waals surface area contributed by atoms with Crippen molar-refractivity contribution >= 4 is 33.8 Å². The first-order chi connectivity index (χ1) is 12.0. The van der Waals surface area contributed by atoms with Crippen LogP contribution in [0.4, 0.5) is 0 Å². The van der Waals surface area contributed by atoms with Crippen LogP contribution in [0.25, 0.3) is 0 Å². The average molecular weight is 405 g/mol. The van der Waals surface area contributed by atoms with Crippen molar-refractivity contribution in [1.82, 2.24) is 13.5 Å². The van der Waals surface area contributed by atoms with Crippen molar-refractivity contribution in [2.75, 3.05) is 27.2 Å². The molecule has 2 fully saturated rings. The number of aliphatic hydroxyl groups is 1. The largest absolute Gasteiger partial charge is 0.477 e. The minimum absolute atomic E-state index is 0.0247. The zero-order valence-corrected chi connectivity index (χ0v) is 16.6. The van der Waals surface area contributed by atoms with Crippen molar-refractivity contribution in [3.8, 4) is 0 Å². The number of carbonyl (C=O) groups is 2. The first-order valence-corrected chi connectivity index (χ1v) is 10.6. The van der Waals surface area contributed by atoms with E-state index in [4.69, 9.17) is 0 Å². The van der Waals surface area contributed by atoms with E-state index in [-0.39, 0.29) is 28.8 Å². The van der Waals surface area contributed by atoms with Crippen molar-refractivity contribution in [3.05, 3.63) is 10.6 Å². The number of carboxylic acids is 1. The Morgan fingerprint density at radius 3 is 2.38 bits per heavy atom. The van der Waals surface area contributed by atoms with E-state index >= 15 is 0 Å². The van der Waals surface area contributed by atoms with Gasteiger partial charge in [0.05, 0.1) is 18.1 Å². The van der Waals surface area contributed by atoms with Gasteiger partial charge in [-0.1, -0.05) is 6.92 Å². The van der Waals surface area contributed by atoms with E-state index in [1.165, 1.54) is 42.0 Å². The summed E-state index contributed by atoms with van der Waals surface area (Å²) in [5.41, 5.74) is -0.0247. The SMILES string of the molecule is C[C@@H](O)C1C(=O)N2C(C(=O)O)=C(SC3CN(S(=O)(=O)N(C)C)C3)[C@H](C)C12. The minimum Gasteiger partial charge on any atom is -0.477 e. The molecular weight excluding hydrogens is 382 g/mol. The van der Waals surface area contributed by atoms with Crippen LogP contribution in [-0.2, 0) is 19.8 Å². The molecule has 3 rings (SSSR count). The molecule has 2 N–H and O–H groups in total. The Morgan fingerprint density at radius 2 is 1.92 bits per heavy atom. The molecule has 3 aliphatic heterocycles. The Labute approximate surface area is 156 Å². The predicted molar refractivity (Wildman–Crippen MR) is 95.2 cm³/mol. The van der Waals surface area contributed by atoms with E-state index in [2.05, 4.69) is 0 Å². The molecule has 4 atom stereocenters. The number of aliphatic hydroxyl groups excluding tert-OH is 1. The molecule has 0 bridgehead atoms. The summed E-state index contributed by atoms with van der Waals surface area (Å²) in [6.07, 6.45) is -0.838. The minimum atomic E-state index is -3.46. The van der Waals surface area contributed by atoms with Gasteiger partial charge in [0.1, 0.15) is 5.70 Å². The fourth-order valence-electron chi connectivity index (χ4n) is 3.75. The summed E-state index contributed by atoms with van der Waals surface area (Å²) in [6, 6.07) is -0.349. The van der Waals surface area contributed by atoms with Crippen LogP contribution in [0.3, 0.4) is 0 Å². The quantitative estimate of drug-likeness (QED) is 0.565. The molecule has 0 radical (unpaired) electrons. The number of hydrogen-bond acceptors (Lipinski definition) is 6. The number of rotatable bonds is 6. The predicted octanol–water partition coefficient (Wildman–Crippen LogP) is -0.636. The molecule has 146 valence electrons. The number of carbonyl (C=O) groups excluding carboxylic acids is 1. The van der Waals surface area contributed by atoms with Crippen LogP contribution in [0.2, 0.25) is 0 Å². The van der Waals surface area contributed by atoms with Crippen LogP contribution >= 0.6 is 11.8 Å². The topological polar surface area (TPSA) is 118 Å². The van der Waals surface area contributed by atoms with E-state index in [0.29, 0.717) is 18.0 Å². The standard InChI is InChI=1S/C15H23N3O6S2/c1-7-11-10(8(2)19)14(20)18(11)12(15(21)22)13(7)25-9-5-17(6-9)26(23,24)16(3)4/h7-11,19H,5-6H2,1-4H3,(H,21,22)/t7-,8-,10?,11?/m1/s1. The molecule has 0 aromatic rings. The van der Waals surface area contributed by atoms with Crippen molar-refractivity contribution in [1.29, 1.82) is 0 Å². The first-order valence-electron chi connectivity index (χ1n) is 8.31. The lowest BCUT2D eigenvalue weighted by molar-refractivity contribution is -0.163. The number of hydrogen-bond donors (Lipinski definition) is 2. The molecule has 9 nitrogen and oxygen atoms in total. The molecule has 0 aromatic carbocycles. The number of nitrogens with zero attached hydrogens (tertiary/aromatic N) is 3. The fraction of sp³-hybridized carbons (Fsp3) is 0.733. The third-order valence-corrected chi connectivity index (χ3v) is 8.53. The highest BCUT2D eigenvalue weighted by Crippen LogP contribution is 2.52. The van der Waals surface area contributed by atoms with Crippen LogP contribution in [-0.4, -0.2) is 88.6 Å². The molecule has 11 heteroatoms. The zero-order chi connectivity index (χ0) is 19.5. The Bertz CT molecular complexity index is 772. The maximum absolute atomic E-state index is 12.3. The van der Waals surface area contributed by atoms with E-state index in [9.17, 15) is 28.2 Å². The maximum atomic E-state index is 12.3. The molecule has 26 heavy (non-hydrogen) atoms. The molecule has 2 saturated heterocycles. The van der Waals surface area contributed by atoms with Crippen molar-refractivity contribution in [3.63, 3.8) is 0 Å². The third-order valence-electron chi connectivity index (χ3n) is 5.21. The Kier molecular flexibility index (Phi) is 4.89. The lowest BCUT2D eigenvalue weighted by Gasteiger charge is -2.46. The second-order valence-corrected chi connectivity index (χ2v) is 10.6. The van der Waals surface area contributed by atoms with Gasteiger partial charge in [-0.2, -0.15) is 17.0 Å². The van der Waals surface area contributed by atoms with Gasteiger partial charge < -0.3 is 15.1 Å². The van der Waals surface area contributed by atoms with Crippen LogP contribution in [0.1, 0.15) is 13.8 Å². The summed E-state index contributed by atoms with van der Waals surface area (Å²) < 4.78 is 26.6. The van der Waals surface area contributed by atoms with E-state index in [1.54, 1.807) is 0 Å². The van der Waals surface area contributed by atoms with E-state index in [0.717, 1.165) is 4.31 Å². The number of carboxylic acid groups (broad SMARTS) is 1. The highest BCUT2D eigenvalue weighted by Gasteiger charge is 2.60. The van der Waals surface area contributed by atoms with E-state index < -0.39 is 28.2 Å². The molecule has 0 spiro atoms. The Balaban J connectivity index is 1.76. The zero-order valence-electron chi connectivity index (χ0n) is 15.0. The van der Waals surface area contributed by atoms with Crippen LogP contribution in [0, 0.1) is 11.8 Å². The van der Waals surface area contributed by atoms with Crippen LogP contribution in [0.5, 0.6) is 0 Å². The second kappa shape index (κ2) is 6.48. The van der Waals surface area contributed by atoms with Gasteiger partial charge >= 0.3 is 5.97 Å². The molecule has 0 saturated carbocycles. The number of aliphatic carboxylic acids is 1. The Morgan fingerprint density at radius 1 is 1.35 bits per heavy atom. The van der Waals surface area contributed by atoms with Gasteiger partial charge in [-0.25, -0.2) is 4.79 Å². The van der Waals surface area contributed by atoms with Gasteiger partial charge in [-0.3, -0.25) is 4.79 Å². The second-order valence-electron chi connectivity index (χ2n) is 7.12. The van der Waals surface area contributed by atoms with Gasteiger partial charge in [-0.05, 0) is 6.92 Å².